The van der Waals surface area contributed by atoms with Crippen molar-refractivity contribution >= 4 is 148 Å². The number of para-hydroxylation sites is 3. The third-order valence-electron chi connectivity index (χ3n) is 20.6. The van der Waals surface area contributed by atoms with Crippen molar-refractivity contribution in [2.24, 2.45) is 0 Å². The van der Waals surface area contributed by atoms with E-state index in [1.54, 1.807) is 4.40 Å². The summed E-state index contributed by atoms with van der Waals surface area (Å²) in [5.74, 6) is -0.160. The van der Waals surface area contributed by atoms with Crippen molar-refractivity contribution < 1.29 is 17.7 Å². The van der Waals surface area contributed by atoms with Crippen LogP contribution in [0.25, 0.3) is 198 Å². The molecule has 0 aliphatic rings. The largest absolute Gasteiger partial charge is 0.456 e. The van der Waals surface area contributed by atoms with Crippen molar-refractivity contribution in [3.8, 4) is 50.2 Å². The van der Waals surface area contributed by atoms with Gasteiger partial charge in [-0.25, -0.2) is 9.55 Å². The predicted octanol–water partition coefficient (Wildman–Crippen LogP) is 23.0. The average Bonchev–Trinajstić information content (AvgIpc) is 0.864. The van der Waals surface area contributed by atoms with E-state index < -0.39 is 11.1 Å². The van der Waals surface area contributed by atoms with Crippen molar-refractivity contribution in [1.82, 2.24) is 14.0 Å². The van der Waals surface area contributed by atoms with E-state index in [0.717, 1.165) is 66.4 Å². The van der Waals surface area contributed by atoms with Crippen molar-refractivity contribution in [3.63, 3.8) is 0 Å². The van der Waals surface area contributed by atoms with Gasteiger partial charge in [0.2, 0.25) is 0 Å². The van der Waals surface area contributed by atoms with Gasteiger partial charge in [-0.3, -0.25) is 18.8 Å². The number of imidazole rings is 1. The molecule has 0 radical (unpaired) electrons. The Bertz CT molecular complexity index is 7070. The van der Waals surface area contributed by atoms with Crippen LogP contribution in [0.1, 0.15) is 50.7 Å². The first-order chi connectivity index (χ1) is 49.0. The molecule has 0 fully saturated rings. The molecule has 5 aromatic heterocycles. The Hall–Kier alpha value is -12.9. The standard InChI is InChI=1S/C90H57N3O7/c1-48(2)58-28-19-29-59(49(3)4)86(58)93-89(95)66-46-76-82-80-74(97-70-36-32-54(50-20-9-5-10-21-50)40-60(70)61-41-55(34-38-72(61)99-76)51-22-11-6-12-23-51)44-64-78-65(88(94)92-69-31-18-17-30-68(69)91-87(64)92)45-75-81(84(78)80)83-77(47-67(90(93)96)79(66)85(82)83)100-73-39-35-57(53-26-15-8-16-27-53)43-63(73)62-42-56(33-37-71(62)98-75)52-24-13-7-14-25-52/h5-49H,1-4H3. The van der Waals surface area contributed by atoms with Gasteiger partial charge in [0.25, 0.3) is 16.7 Å². The lowest BCUT2D eigenvalue weighted by atomic mass is 9.85. The number of fused-ring (bicyclic) bond motifs is 10. The number of hydrogen-bond acceptors (Lipinski definition) is 8. The fourth-order valence-electron chi connectivity index (χ4n) is 16.0. The molecule has 10 heteroatoms. The maximum Gasteiger partial charge on any atom is 0.266 e. The van der Waals surface area contributed by atoms with Crippen LogP contribution in [0.15, 0.2) is 293 Å². The van der Waals surface area contributed by atoms with Gasteiger partial charge in [0, 0.05) is 70.0 Å². The van der Waals surface area contributed by atoms with E-state index in [9.17, 15) is 0 Å². The van der Waals surface area contributed by atoms with Crippen LogP contribution in [0.5, 0.6) is 0 Å². The molecule has 0 unspecified atom stereocenters. The molecule has 0 bridgehead atoms. The van der Waals surface area contributed by atoms with Crippen molar-refractivity contribution in [2.75, 3.05) is 0 Å². The Morgan fingerprint density at radius 2 is 0.610 bits per heavy atom. The molecule has 474 valence electrons. The smallest absolute Gasteiger partial charge is 0.266 e. The van der Waals surface area contributed by atoms with Crippen LogP contribution in [-0.4, -0.2) is 14.0 Å². The van der Waals surface area contributed by atoms with Gasteiger partial charge < -0.3 is 17.7 Å². The minimum absolute atomic E-state index is 0.0798. The molecule has 10 nitrogen and oxygen atoms in total. The Labute approximate surface area is 568 Å². The van der Waals surface area contributed by atoms with E-state index in [1.165, 1.54) is 4.57 Å². The molecule has 0 spiro atoms. The molecule has 20 aromatic rings. The zero-order valence-corrected chi connectivity index (χ0v) is 54.7. The van der Waals surface area contributed by atoms with Gasteiger partial charge in [-0.1, -0.05) is 204 Å². The Kier molecular flexibility index (Phi) is 12.4. The lowest BCUT2D eigenvalue weighted by Gasteiger charge is -2.23. The summed E-state index contributed by atoms with van der Waals surface area (Å²) >= 11 is 0. The monoisotopic (exact) mass is 1290 g/mol. The third-order valence-corrected chi connectivity index (χ3v) is 20.6. The van der Waals surface area contributed by atoms with Crippen LogP contribution in [0.3, 0.4) is 0 Å². The molecule has 0 N–H and O–H groups in total. The molecule has 0 aliphatic carbocycles. The molecular formula is C90H57N3O7. The normalized spacial score (nSPS) is 12.3. The molecule has 0 atom stereocenters. The summed E-state index contributed by atoms with van der Waals surface area (Å²) in [4.78, 5) is 55.0. The summed E-state index contributed by atoms with van der Waals surface area (Å²) in [6, 6.07) is 87.0. The van der Waals surface area contributed by atoms with Crippen molar-refractivity contribution in [3.05, 3.63) is 303 Å². The summed E-state index contributed by atoms with van der Waals surface area (Å²) in [7, 11) is 0. The van der Waals surface area contributed by atoms with E-state index in [2.05, 4.69) is 125 Å². The summed E-state index contributed by atoms with van der Waals surface area (Å²) in [5.41, 5.74) is 13.7. The molecule has 0 amide bonds. The zero-order chi connectivity index (χ0) is 66.9. The van der Waals surface area contributed by atoms with Crippen LogP contribution >= 0.6 is 0 Å². The topological polar surface area (TPSA) is 126 Å². The molecule has 0 saturated carbocycles. The fraction of sp³-hybridized carbons (Fsp3) is 0.0667. The number of rotatable bonds is 7. The fourth-order valence-corrected chi connectivity index (χ4v) is 16.0. The summed E-state index contributed by atoms with van der Waals surface area (Å²) in [6.45, 7) is 8.36. The maximum atomic E-state index is 16.7. The SMILES string of the molecule is CC(C)c1cccc(C(C)C)c1-n1c(=O)c2cc3oc4ccc(-c5ccccc5)cc4c4cc(-c5ccccc5)ccc4oc4cc5c(=O)n6c7ccccc7nc6c6cc7oc8ccc(-c9ccccc9)cc8c8cc(-c9ccccc9)ccc8oc8cc(c1=O)c2c1c3c4c(c56)c7c81. The Morgan fingerprint density at radius 3 is 0.980 bits per heavy atom. The van der Waals surface area contributed by atoms with E-state index in [1.807, 2.05) is 164 Å². The third kappa shape index (κ3) is 8.37. The molecule has 20 rings (SSSR count). The van der Waals surface area contributed by atoms with Gasteiger partial charge in [-0.05, 0) is 152 Å². The number of nitrogens with zero attached hydrogens (tertiary/aromatic N) is 3. The van der Waals surface area contributed by atoms with Crippen molar-refractivity contribution in [1.29, 1.82) is 0 Å². The second-order valence-corrected chi connectivity index (χ2v) is 27.0. The highest BCUT2D eigenvalue weighted by Gasteiger charge is 2.32. The van der Waals surface area contributed by atoms with Gasteiger partial charge in [0.15, 0.2) is 0 Å². The first-order valence-electron chi connectivity index (χ1n) is 33.9. The second-order valence-electron chi connectivity index (χ2n) is 27.0. The summed E-state index contributed by atoms with van der Waals surface area (Å²) < 4.78 is 34.4. The summed E-state index contributed by atoms with van der Waals surface area (Å²) in [5, 5.41) is 8.65. The second kappa shape index (κ2) is 21.5. The number of benzene rings is 15. The van der Waals surface area contributed by atoms with Crippen LogP contribution < -0.4 is 16.7 Å². The van der Waals surface area contributed by atoms with Crippen LogP contribution in [0, 0.1) is 0 Å². The lowest BCUT2D eigenvalue weighted by Crippen LogP contribution is -2.33. The minimum atomic E-state index is -0.510. The molecular weight excluding hydrogens is 1240 g/mol. The number of hydrogen-bond donors (Lipinski definition) is 0. The predicted molar refractivity (Wildman–Crippen MR) is 409 cm³/mol. The van der Waals surface area contributed by atoms with E-state index in [4.69, 9.17) is 22.7 Å². The zero-order valence-electron chi connectivity index (χ0n) is 54.7. The van der Waals surface area contributed by atoms with Gasteiger partial charge in [0.1, 0.15) is 50.3 Å². The van der Waals surface area contributed by atoms with Crippen molar-refractivity contribution in [2.45, 2.75) is 39.5 Å². The van der Waals surface area contributed by atoms with Crippen LogP contribution in [0.2, 0.25) is 0 Å². The highest BCUT2D eigenvalue weighted by molar-refractivity contribution is 6.48. The quantitative estimate of drug-likeness (QED) is 0.114. The molecule has 100 heavy (non-hydrogen) atoms. The van der Waals surface area contributed by atoms with Gasteiger partial charge in [-0.2, -0.15) is 0 Å². The first kappa shape index (κ1) is 57.3. The number of aromatic nitrogens is 3. The van der Waals surface area contributed by atoms with Gasteiger partial charge in [0.05, 0.1) is 32.9 Å². The lowest BCUT2D eigenvalue weighted by molar-refractivity contribution is 0.657. The van der Waals surface area contributed by atoms with Gasteiger partial charge in [-0.15, -0.1) is 0 Å². The average molecular weight is 1290 g/mol. The molecule has 5 heterocycles. The number of pyridine rings is 2. The highest BCUT2D eigenvalue weighted by atomic mass is 16.3. The minimum Gasteiger partial charge on any atom is -0.456 e. The first-order valence-corrected chi connectivity index (χ1v) is 33.9. The molecule has 0 saturated heterocycles. The Balaban J connectivity index is 1.11. The highest BCUT2D eigenvalue weighted by Crippen LogP contribution is 2.52. The van der Waals surface area contributed by atoms with E-state index >= 15 is 14.4 Å². The Morgan fingerprint density at radius 1 is 0.280 bits per heavy atom. The maximum absolute atomic E-state index is 16.7. The summed E-state index contributed by atoms with van der Waals surface area (Å²) in [6.07, 6.45) is 0. The van der Waals surface area contributed by atoms with Gasteiger partial charge >= 0.3 is 0 Å². The van der Waals surface area contributed by atoms with E-state index in [-0.39, 0.29) is 28.2 Å². The molecule has 15 aromatic carbocycles. The molecule has 0 aliphatic heterocycles. The van der Waals surface area contributed by atoms with Crippen LogP contribution in [-0.2, 0) is 0 Å². The van der Waals surface area contributed by atoms with E-state index in [0.29, 0.717) is 132 Å². The van der Waals surface area contributed by atoms with Crippen LogP contribution in [0.4, 0.5) is 0 Å².